The van der Waals surface area contributed by atoms with Crippen LogP contribution in [0.4, 0.5) is 0 Å². The van der Waals surface area contributed by atoms with Crippen LogP contribution in [-0.4, -0.2) is 56.9 Å². The smallest absolute Gasteiger partial charge is 0.395 e. The summed E-state index contributed by atoms with van der Waals surface area (Å²) < 4.78 is 30.2. The Kier molecular flexibility index (Phi) is 12.7. The highest BCUT2D eigenvalue weighted by Crippen LogP contribution is 2.29. The van der Waals surface area contributed by atoms with Crippen LogP contribution in [0.25, 0.3) is 0 Å². The zero-order valence-corrected chi connectivity index (χ0v) is 17.0. The fraction of sp³-hybridized carbons (Fsp3) is 1.00. The van der Waals surface area contributed by atoms with Crippen LogP contribution in [-0.2, 0) is 22.1 Å². The topological polar surface area (TPSA) is 72.2 Å². The third-order valence-corrected chi connectivity index (χ3v) is 12.0. The minimum atomic E-state index is -2.78. The van der Waals surface area contributed by atoms with E-state index < -0.39 is 17.4 Å². The second kappa shape index (κ2) is 12.6. The van der Waals surface area contributed by atoms with E-state index in [4.69, 9.17) is 27.9 Å². The summed E-state index contributed by atoms with van der Waals surface area (Å²) in [5.74, 6) is 0. The average Bonchev–Trinajstić information content (AvgIpc) is 2.46. The lowest BCUT2D eigenvalue weighted by Gasteiger charge is -2.37. The molecule has 134 valence electrons. The van der Waals surface area contributed by atoms with Gasteiger partial charge >= 0.3 is 17.4 Å². The molecule has 0 amide bonds. The number of rotatable bonds is 15. The lowest BCUT2D eigenvalue weighted by molar-refractivity contribution is 0.0700. The van der Waals surface area contributed by atoms with Crippen molar-refractivity contribution in [3.63, 3.8) is 0 Å². The minimum Gasteiger partial charge on any atom is -0.395 e. The summed E-state index contributed by atoms with van der Waals surface area (Å²) in [4.78, 5) is 0. The fourth-order valence-corrected chi connectivity index (χ4v) is 11.7. The van der Waals surface area contributed by atoms with E-state index in [1.807, 2.05) is 34.6 Å². The molecule has 0 aliphatic carbocycles. The van der Waals surface area contributed by atoms with Gasteiger partial charge in [-0.15, -0.1) is 0 Å². The Bertz CT molecular complexity index is 249. The first-order chi connectivity index (χ1) is 10.6. The molecule has 0 saturated carbocycles. The highest BCUT2D eigenvalue weighted by molar-refractivity contribution is 6.83. The molecule has 0 aromatic carbocycles. The third kappa shape index (κ3) is 7.65. The van der Waals surface area contributed by atoms with E-state index in [0.717, 1.165) is 12.5 Å². The molecule has 0 radical (unpaired) electrons. The van der Waals surface area contributed by atoms with Gasteiger partial charge in [-0.1, -0.05) is 0 Å². The molecule has 0 bridgehead atoms. The summed E-state index contributed by atoms with van der Waals surface area (Å²) in [6, 6.07) is 0.840. The first-order valence-electron chi connectivity index (χ1n) is 8.47. The Labute approximate surface area is 138 Å². The van der Waals surface area contributed by atoms with E-state index in [0.29, 0.717) is 45.2 Å². The monoisotopic (exact) mass is 353 g/mol. The molecule has 0 atom stereocenters. The lowest BCUT2D eigenvalue weighted by atomic mass is 10.5. The van der Waals surface area contributed by atoms with E-state index >= 15 is 0 Å². The Morgan fingerprint density at radius 2 is 1.09 bits per heavy atom. The van der Waals surface area contributed by atoms with Crippen LogP contribution in [0.2, 0.25) is 11.7 Å². The number of hydrogen-bond donors (Lipinski definition) is 1. The standard InChI is InChI=1S/C14H35NO5Si2/c1-6-16-21(17-7-2,13-11-12-15)14-22(18-8-3,19-9-4)20-10-5/h6-15H2,1-5H3. The summed E-state index contributed by atoms with van der Waals surface area (Å²) in [5, 5.41) is 0. The maximum atomic E-state index is 6.12. The van der Waals surface area contributed by atoms with E-state index in [9.17, 15) is 0 Å². The van der Waals surface area contributed by atoms with Gasteiger partial charge in [-0.3, -0.25) is 0 Å². The summed E-state index contributed by atoms with van der Waals surface area (Å²) in [7, 11) is -5.24. The summed E-state index contributed by atoms with van der Waals surface area (Å²) in [6.45, 7) is 13.4. The molecule has 0 spiro atoms. The van der Waals surface area contributed by atoms with Crippen LogP contribution in [0.5, 0.6) is 0 Å². The quantitative estimate of drug-likeness (QED) is 0.456. The number of hydrogen-bond acceptors (Lipinski definition) is 6. The summed E-state index contributed by atoms with van der Waals surface area (Å²) >= 11 is 0. The van der Waals surface area contributed by atoms with Crippen molar-refractivity contribution in [2.75, 3.05) is 39.6 Å². The van der Waals surface area contributed by atoms with Gasteiger partial charge in [0, 0.05) is 33.0 Å². The van der Waals surface area contributed by atoms with Crippen molar-refractivity contribution in [1.29, 1.82) is 0 Å². The zero-order valence-electron chi connectivity index (χ0n) is 15.0. The van der Waals surface area contributed by atoms with Crippen molar-refractivity contribution in [2.24, 2.45) is 5.73 Å². The van der Waals surface area contributed by atoms with E-state index in [1.165, 1.54) is 0 Å². The van der Waals surface area contributed by atoms with Crippen molar-refractivity contribution < 1.29 is 22.1 Å². The molecule has 2 N–H and O–H groups in total. The van der Waals surface area contributed by atoms with E-state index in [-0.39, 0.29) is 0 Å². The van der Waals surface area contributed by atoms with Gasteiger partial charge in [-0.2, -0.15) is 0 Å². The molecule has 0 heterocycles. The molecule has 8 heteroatoms. The third-order valence-electron chi connectivity index (χ3n) is 3.16. The van der Waals surface area contributed by atoms with Gasteiger partial charge < -0.3 is 27.9 Å². The van der Waals surface area contributed by atoms with E-state index in [1.54, 1.807) is 0 Å². The molecule has 0 unspecified atom stereocenters. The van der Waals surface area contributed by atoms with Gasteiger partial charge in [-0.25, -0.2) is 0 Å². The van der Waals surface area contributed by atoms with Crippen molar-refractivity contribution in [3.05, 3.63) is 0 Å². The molecule has 0 aliphatic rings. The maximum absolute atomic E-state index is 6.12. The van der Waals surface area contributed by atoms with Gasteiger partial charge in [0.2, 0.25) is 0 Å². The van der Waals surface area contributed by atoms with Crippen LogP contribution in [0.1, 0.15) is 41.0 Å². The summed E-state index contributed by atoms with van der Waals surface area (Å²) in [6.07, 6.45) is 0.876. The Hall–Kier alpha value is 0.194. The second-order valence-corrected chi connectivity index (χ2v) is 11.4. The van der Waals surface area contributed by atoms with Gasteiger partial charge in [0.15, 0.2) is 0 Å². The number of nitrogens with two attached hydrogens (primary N) is 1. The predicted molar refractivity (Wildman–Crippen MR) is 92.9 cm³/mol. The van der Waals surface area contributed by atoms with Crippen LogP contribution in [0.15, 0.2) is 0 Å². The van der Waals surface area contributed by atoms with Crippen LogP contribution in [0, 0.1) is 0 Å². The molecular weight excluding hydrogens is 318 g/mol. The first-order valence-corrected chi connectivity index (χ1v) is 12.6. The molecule has 0 rings (SSSR count). The molecule has 0 saturated heterocycles. The largest absolute Gasteiger partial charge is 0.502 e. The Balaban J connectivity index is 5.35. The van der Waals surface area contributed by atoms with Crippen LogP contribution < -0.4 is 5.73 Å². The van der Waals surface area contributed by atoms with Gasteiger partial charge in [0.25, 0.3) is 0 Å². The molecule has 22 heavy (non-hydrogen) atoms. The maximum Gasteiger partial charge on any atom is 0.502 e. The lowest BCUT2D eigenvalue weighted by Crippen LogP contribution is -2.57. The normalized spacial score (nSPS) is 12.8. The highest BCUT2D eigenvalue weighted by Gasteiger charge is 2.53. The first kappa shape index (κ1) is 22.2. The van der Waals surface area contributed by atoms with Crippen molar-refractivity contribution >= 4 is 17.4 Å². The summed E-state index contributed by atoms with van der Waals surface area (Å²) in [5.41, 5.74) is 6.32. The molecule has 6 nitrogen and oxygen atoms in total. The Morgan fingerprint density at radius 1 is 0.682 bits per heavy atom. The zero-order chi connectivity index (χ0) is 16.9. The molecule has 0 aromatic heterocycles. The molecule has 0 aliphatic heterocycles. The van der Waals surface area contributed by atoms with Crippen LogP contribution in [0.3, 0.4) is 0 Å². The molecule has 0 fully saturated rings. The van der Waals surface area contributed by atoms with Crippen molar-refractivity contribution in [1.82, 2.24) is 0 Å². The van der Waals surface area contributed by atoms with Crippen LogP contribution >= 0.6 is 0 Å². The van der Waals surface area contributed by atoms with Crippen molar-refractivity contribution in [3.8, 4) is 0 Å². The SMILES string of the molecule is CCO[Si](CCCN)(C[Si](OCC)(OCC)OCC)OCC. The fourth-order valence-electron chi connectivity index (χ4n) is 2.54. The average molecular weight is 354 g/mol. The second-order valence-electron chi connectivity index (χ2n) is 4.83. The Morgan fingerprint density at radius 3 is 1.41 bits per heavy atom. The van der Waals surface area contributed by atoms with Crippen molar-refractivity contribution in [2.45, 2.75) is 52.8 Å². The van der Waals surface area contributed by atoms with Gasteiger partial charge in [-0.05, 0) is 53.6 Å². The van der Waals surface area contributed by atoms with Gasteiger partial charge in [0.05, 0.1) is 5.67 Å². The predicted octanol–water partition coefficient (Wildman–Crippen LogP) is 2.44. The highest BCUT2D eigenvalue weighted by atomic mass is 28.4. The molecular formula is C14H35NO5Si2. The molecule has 0 aromatic rings. The van der Waals surface area contributed by atoms with E-state index in [2.05, 4.69) is 0 Å². The minimum absolute atomic E-state index is 0.561. The van der Waals surface area contributed by atoms with Gasteiger partial charge in [0.1, 0.15) is 0 Å².